The number of rotatable bonds is 0. The van der Waals surface area contributed by atoms with Gasteiger partial charge in [-0.15, -0.1) is 0 Å². The molecule has 0 radical (unpaired) electrons. The SMILES string of the molecule is CC1(C)CN[C@@H]2COC[C@@H]2N1. The second-order valence-corrected chi connectivity index (χ2v) is 4.16. The normalized spacial score (nSPS) is 42.0. The van der Waals surface area contributed by atoms with E-state index in [1.807, 2.05) is 0 Å². The molecule has 0 amide bonds. The lowest BCUT2D eigenvalue weighted by molar-refractivity contribution is 0.186. The van der Waals surface area contributed by atoms with Gasteiger partial charge in [-0.25, -0.2) is 0 Å². The van der Waals surface area contributed by atoms with Crippen LogP contribution in [0.1, 0.15) is 13.8 Å². The van der Waals surface area contributed by atoms with Gasteiger partial charge >= 0.3 is 0 Å². The van der Waals surface area contributed by atoms with Crippen molar-refractivity contribution in [3.8, 4) is 0 Å². The molecule has 2 aliphatic heterocycles. The van der Waals surface area contributed by atoms with Crippen LogP contribution >= 0.6 is 0 Å². The zero-order valence-corrected chi connectivity index (χ0v) is 7.18. The van der Waals surface area contributed by atoms with Crippen molar-refractivity contribution in [2.75, 3.05) is 19.8 Å². The van der Waals surface area contributed by atoms with Crippen molar-refractivity contribution in [3.63, 3.8) is 0 Å². The van der Waals surface area contributed by atoms with Crippen molar-refractivity contribution in [2.45, 2.75) is 31.5 Å². The largest absolute Gasteiger partial charge is 0.378 e. The molecule has 3 heteroatoms. The number of hydrogen-bond donors (Lipinski definition) is 2. The lowest BCUT2D eigenvalue weighted by Crippen LogP contribution is -2.65. The average Bonchev–Trinajstić information content (AvgIpc) is 2.31. The van der Waals surface area contributed by atoms with Crippen LogP contribution in [-0.2, 0) is 4.74 Å². The zero-order valence-electron chi connectivity index (χ0n) is 7.18. The monoisotopic (exact) mass is 156 g/mol. The summed E-state index contributed by atoms with van der Waals surface area (Å²) < 4.78 is 5.36. The minimum Gasteiger partial charge on any atom is -0.378 e. The smallest absolute Gasteiger partial charge is 0.0636 e. The summed E-state index contributed by atoms with van der Waals surface area (Å²) in [6.07, 6.45) is 0. The van der Waals surface area contributed by atoms with Crippen molar-refractivity contribution in [1.82, 2.24) is 10.6 Å². The van der Waals surface area contributed by atoms with E-state index in [9.17, 15) is 0 Å². The Bertz CT molecular complexity index is 158. The molecule has 2 aliphatic rings. The van der Waals surface area contributed by atoms with Crippen molar-refractivity contribution >= 4 is 0 Å². The average molecular weight is 156 g/mol. The number of fused-ring (bicyclic) bond motifs is 1. The van der Waals surface area contributed by atoms with Crippen molar-refractivity contribution in [3.05, 3.63) is 0 Å². The lowest BCUT2D eigenvalue weighted by atomic mass is 9.97. The molecule has 0 aromatic heterocycles. The second-order valence-electron chi connectivity index (χ2n) is 4.16. The van der Waals surface area contributed by atoms with Crippen LogP contribution < -0.4 is 10.6 Å². The second kappa shape index (κ2) is 2.44. The van der Waals surface area contributed by atoms with E-state index in [0.717, 1.165) is 19.8 Å². The fraction of sp³-hybridized carbons (Fsp3) is 1.00. The molecule has 0 unspecified atom stereocenters. The molecule has 64 valence electrons. The molecule has 2 rings (SSSR count). The van der Waals surface area contributed by atoms with E-state index in [-0.39, 0.29) is 5.54 Å². The Hall–Kier alpha value is -0.120. The van der Waals surface area contributed by atoms with Crippen molar-refractivity contribution in [1.29, 1.82) is 0 Å². The number of piperazine rings is 1. The Morgan fingerprint density at radius 1 is 1.27 bits per heavy atom. The first-order valence-corrected chi connectivity index (χ1v) is 4.26. The third-order valence-corrected chi connectivity index (χ3v) is 2.46. The Morgan fingerprint density at radius 2 is 2.00 bits per heavy atom. The molecule has 0 saturated carbocycles. The van der Waals surface area contributed by atoms with Crippen LogP contribution in [0.5, 0.6) is 0 Å². The first-order chi connectivity index (χ1) is 5.17. The predicted octanol–water partition coefficient (Wildman–Crippen LogP) is -0.275. The Balaban J connectivity index is 2.02. The van der Waals surface area contributed by atoms with Gasteiger partial charge in [0.25, 0.3) is 0 Å². The summed E-state index contributed by atoms with van der Waals surface area (Å²) in [6, 6.07) is 1.07. The van der Waals surface area contributed by atoms with Crippen LogP contribution in [0, 0.1) is 0 Å². The molecule has 2 saturated heterocycles. The van der Waals surface area contributed by atoms with E-state index >= 15 is 0 Å². The van der Waals surface area contributed by atoms with Crippen molar-refractivity contribution in [2.24, 2.45) is 0 Å². The van der Waals surface area contributed by atoms with Gasteiger partial charge in [0.1, 0.15) is 0 Å². The van der Waals surface area contributed by atoms with Gasteiger partial charge in [-0.3, -0.25) is 0 Å². The molecular weight excluding hydrogens is 140 g/mol. The van der Waals surface area contributed by atoms with Gasteiger partial charge in [0.2, 0.25) is 0 Å². The summed E-state index contributed by atoms with van der Waals surface area (Å²) in [6.45, 7) is 7.20. The van der Waals surface area contributed by atoms with Gasteiger partial charge in [-0.05, 0) is 13.8 Å². The third kappa shape index (κ3) is 1.41. The summed E-state index contributed by atoms with van der Waals surface area (Å²) in [4.78, 5) is 0. The summed E-state index contributed by atoms with van der Waals surface area (Å²) in [5.74, 6) is 0. The van der Waals surface area contributed by atoms with Gasteiger partial charge < -0.3 is 15.4 Å². The molecule has 2 N–H and O–H groups in total. The molecule has 0 aromatic carbocycles. The first kappa shape index (κ1) is 7.53. The summed E-state index contributed by atoms with van der Waals surface area (Å²) in [7, 11) is 0. The topological polar surface area (TPSA) is 33.3 Å². The van der Waals surface area contributed by atoms with E-state index in [1.165, 1.54) is 0 Å². The summed E-state index contributed by atoms with van der Waals surface area (Å²) in [5, 5.41) is 7.05. The Kier molecular flexibility index (Phi) is 1.67. The minimum absolute atomic E-state index is 0.231. The fourth-order valence-electron chi connectivity index (χ4n) is 1.84. The molecule has 11 heavy (non-hydrogen) atoms. The molecule has 2 heterocycles. The number of hydrogen-bond acceptors (Lipinski definition) is 3. The van der Waals surface area contributed by atoms with Crippen molar-refractivity contribution < 1.29 is 4.74 Å². The maximum Gasteiger partial charge on any atom is 0.0636 e. The van der Waals surface area contributed by atoms with Gasteiger partial charge in [0.15, 0.2) is 0 Å². The van der Waals surface area contributed by atoms with Gasteiger partial charge in [0, 0.05) is 24.2 Å². The maximum atomic E-state index is 5.36. The molecule has 3 nitrogen and oxygen atoms in total. The molecule has 2 fully saturated rings. The Labute approximate surface area is 67.5 Å². The van der Waals surface area contributed by atoms with Gasteiger partial charge in [-0.1, -0.05) is 0 Å². The summed E-state index contributed by atoms with van der Waals surface area (Å²) >= 11 is 0. The van der Waals surface area contributed by atoms with Crippen LogP contribution in [0.25, 0.3) is 0 Å². The highest BCUT2D eigenvalue weighted by molar-refractivity contribution is 4.99. The highest BCUT2D eigenvalue weighted by Gasteiger charge is 2.37. The van der Waals surface area contributed by atoms with Gasteiger partial charge in [0.05, 0.1) is 13.2 Å². The Morgan fingerprint density at radius 3 is 2.82 bits per heavy atom. The highest BCUT2D eigenvalue weighted by atomic mass is 16.5. The number of ether oxygens (including phenoxy) is 1. The third-order valence-electron chi connectivity index (χ3n) is 2.46. The van der Waals surface area contributed by atoms with E-state index in [4.69, 9.17) is 4.74 Å². The maximum absolute atomic E-state index is 5.36. The van der Waals surface area contributed by atoms with Crippen LogP contribution in [0.3, 0.4) is 0 Å². The molecule has 0 spiro atoms. The quantitative estimate of drug-likeness (QED) is 0.506. The number of nitrogens with one attached hydrogen (secondary N) is 2. The van der Waals surface area contributed by atoms with Crippen LogP contribution in [-0.4, -0.2) is 37.4 Å². The first-order valence-electron chi connectivity index (χ1n) is 4.26. The summed E-state index contributed by atoms with van der Waals surface area (Å²) in [5.41, 5.74) is 0.231. The fourth-order valence-corrected chi connectivity index (χ4v) is 1.84. The lowest BCUT2D eigenvalue weighted by Gasteiger charge is -2.38. The molecule has 0 aromatic rings. The van der Waals surface area contributed by atoms with E-state index in [1.54, 1.807) is 0 Å². The standard InChI is InChI=1S/C8H16N2O/c1-8(2)5-9-6-3-11-4-7(6)10-8/h6-7,9-10H,3-5H2,1-2H3/t6-,7+/m1/s1. The highest BCUT2D eigenvalue weighted by Crippen LogP contribution is 2.15. The van der Waals surface area contributed by atoms with E-state index in [0.29, 0.717) is 12.1 Å². The van der Waals surface area contributed by atoms with Crippen LogP contribution in [0.2, 0.25) is 0 Å². The van der Waals surface area contributed by atoms with Crippen LogP contribution in [0.4, 0.5) is 0 Å². The van der Waals surface area contributed by atoms with E-state index in [2.05, 4.69) is 24.5 Å². The molecule has 0 bridgehead atoms. The van der Waals surface area contributed by atoms with Gasteiger partial charge in [-0.2, -0.15) is 0 Å². The zero-order chi connectivity index (χ0) is 7.90. The molecular formula is C8H16N2O. The molecule has 0 aliphatic carbocycles. The van der Waals surface area contributed by atoms with E-state index < -0.39 is 0 Å². The van der Waals surface area contributed by atoms with Crippen LogP contribution in [0.15, 0.2) is 0 Å². The predicted molar refractivity (Wildman–Crippen MR) is 43.6 cm³/mol. The molecule has 2 atom stereocenters. The minimum atomic E-state index is 0.231.